The molecule has 0 radical (unpaired) electrons. The Morgan fingerprint density at radius 3 is 2.20 bits per heavy atom. The Labute approximate surface area is 183 Å². The molecule has 2 aliphatic heterocycles. The topological polar surface area (TPSA) is 63.2 Å². The summed E-state index contributed by atoms with van der Waals surface area (Å²) in [5.41, 5.74) is 0.282. The molecule has 1 amide bonds. The van der Waals surface area contributed by atoms with Crippen LogP contribution in [0.1, 0.15) is 65.2 Å². The van der Waals surface area contributed by atoms with Crippen molar-refractivity contribution in [1.82, 2.24) is 25.3 Å². The molecule has 7 nitrogen and oxygen atoms in total. The van der Waals surface area contributed by atoms with Crippen LogP contribution in [0.4, 0.5) is 0 Å². The van der Waals surface area contributed by atoms with Gasteiger partial charge in [0.1, 0.15) is 0 Å². The molecule has 0 aromatic heterocycles. The zero-order chi connectivity index (χ0) is 21.2. The third-order valence-corrected chi connectivity index (χ3v) is 7.22. The van der Waals surface area contributed by atoms with E-state index in [-0.39, 0.29) is 11.4 Å². The number of hydrogen-bond acceptors (Lipinski definition) is 4. The van der Waals surface area contributed by atoms with E-state index in [0.717, 1.165) is 58.3 Å². The fourth-order valence-corrected chi connectivity index (χ4v) is 5.34. The molecule has 3 rings (SSSR count). The van der Waals surface area contributed by atoms with E-state index in [9.17, 15) is 4.79 Å². The van der Waals surface area contributed by atoms with E-state index < -0.39 is 0 Å². The lowest BCUT2D eigenvalue weighted by molar-refractivity contribution is -0.130. The van der Waals surface area contributed by atoms with E-state index in [1.807, 2.05) is 4.90 Å². The number of guanidine groups is 1. The highest BCUT2D eigenvalue weighted by atomic mass is 16.2. The maximum Gasteiger partial charge on any atom is 0.219 e. The second kappa shape index (κ2) is 11.9. The number of nitrogens with one attached hydrogen (secondary N) is 2. The number of likely N-dealkylation sites (tertiary alicyclic amines) is 1. The van der Waals surface area contributed by atoms with Crippen LogP contribution in [0.2, 0.25) is 0 Å². The predicted octanol–water partition coefficient (Wildman–Crippen LogP) is 1.89. The number of hydrogen-bond donors (Lipinski definition) is 2. The normalized spacial score (nSPS) is 23.9. The van der Waals surface area contributed by atoms with Crippen LogP contribution in [0, 0.1) is 0 Å². The standard InChI is InChI=1S/C23H44N6O/c1-3-24-22(25-12-15-27-16-18-28(19-17-27)21(2)30)26-20-23(10-6-4-7-11-23)29-13-8-5-9-14-29/h3-20H2,1-2H3,(H2,24,25,26). The van der Waals surface area contributed by atoms with Gasteiger partial charge in [-0.05, 0) is 45.7 Å². The number of aliphatic imine (C=N–C) groups is 1. The van der Waals surface area contributed by atoms with Gasteiger partial charge in [-0.1, -0.05) is 25.7 Å². The minimum atomic E-state index is 0.194. The molecule has 2 saturated heterocycles. The van der Waals surface area contributed by atoms with Crippen molar-refractivity contribution in [2.75, 3.05) is 65.4 Å². The predicted molar refractivity (Wildman–Crippen MR) is 124 cm³/mol. The highest BCUT2D eigenvalue weighted by molar-refractivity contribution is 5.79. The van der Waals surface area contributed by atoms with E-state index in [1.165, 1.54) is 64.5 Å². The summed E-state index contributed by atoms with van der Waals surface area (Å²) < 4.78 is 0. The minimum absolute atomic E-state index is 0.194. The first-order chi connectivity index (χ1) is 14.6. The van der Waals surface area contributed by atoms with Crippen molar-refractivity contribution in [2.24, 2.45) is 4.99 Å². The van der Waals surface area contributed by atoms with Crippen molar-refractivity contribution < 1.29 is 4.79 Å². The molecule has 0 aromatic rings. The fraction of sp³-hybridized carbons (Fsp3) is 0.913. The summed E-state index contributed by atoms with van der Waals surface area (Å²) in [4.78, 5) is 23.7. The molecule has 0 spiro atoms. The van der Waals surface area contributed by atoms with Gasteiger partial charge in [0.05, 0.1) is 6.54 Å². The van der Waals surface area contributed by atoms with Gasteiger partial charge in [0.2, 0.25) is 5.91 Å². The molecule has 2 N–H and O–H groups in total. The lowest BCUT2D eigenvalue weighted by Gasteiger charge is -2.47. The fourth-order valence-electron chi connectivity index (χ4n) is 5.34. The molecule has 1 aliphatic carbocycles. The Balaban J connectivity index is 1.50. The smallest absolute Gasteiger partial charge is 0.219 e. The highest BCUT2D eigenvalue weighted by Crippen LogP contribution is 2.35. The van der Waals surface area contributed by atoms with Crippen LogP contribution in [0.3, 0.4) is 0 Å². The van der Waals surface area contributed by atoms with Crippen molar-refractivity contribution in [3.05, 3.63) is 0 Å². The van der Waals surface area contributed by atoms with E-state index in [4.69, 9.17) is 4.99 Å². The van der Waals surface area contributed by atoms with Crippen molar-refractivity contribution in [2.45, 2.75) is 70.8 Å². The summed E-state index contributed by atoms with van der Waals surface area (Å²) in [5.74, 6) is 1.15. The minimum Gasteiger partial charge on any atom is -0.357 e. The molecule has 0 unspecified atom stereocenters. The van der Waals surface area contributed by atoms with Crippen LogP contribution in [0.15, 0.2) is 4.99 Å². The lowest BCUT2D eigenvalue weighted by Crippen LogP contribution is -2.55. The number of nitrogens with zero attached hydrogens (tertiary/aromatic N) is 4. The first-order valence-corrected chi connectivity index (χ1v) is 12.4. The van der Waals surface area contributed by atoms with Crippen LogP contribution < -0.4 is 10.6 Å². The number of amides is 1. The quantitative estimate of drug-likeness (QED) is 0.487. The molecule has 3 fully saturated rings. The zero-order valence-corrected chi connectivity index (χ0v) is 19.4. The van der Waals surface area contributed by atoms with Gasteiger partial charge in [-0.2, -0.15) is 0 Å². The molecule has 2 heterocycles. The number of piperidine rings is 1. The first-order valence-electron chi connectivity index (χ1n) is 12.4. The van der Waals surface area contributed by atoms with Gasteiger partial charge in [-0.25, -0.2) is 0 Å². The van der Waals surface area contributed by atoms with Gasteiger partial charge in [-0.3, -0.25) is 19.6 Å². The number of rotatable bonds is 7. The van der Waals surface area contributed by atoms with E-state index in [1.54, 1.807) is 6.92 Å². The summed E-state index contributed by atoms with van der Waals surface area (Å²) in [6, 6.07) is 0. The SMILES string of the molecule is CCNC(=NCC1(N2CCCCC2)CCCCC1)NCCN1CCN(C(C)=O)CC1. The molecule has 7 heteroatoms. The monoisotopic (exact) mass is 420 g/mol. The second-order valence-electron chi connectivity index (χ2n) is 9.30. The van der Waals surface area contributed by atoms with Crippen LogP contribution in [-0.2, 0) is 4.79 Å². The third-order valence-electron chi connectivity index (χ3n) is 7.22. The molecule has 3 aliphatic rings. The molecular formula is C23H44N6O. The highest BCUT2D eigenvalue weighted by Gasteiger charge is 2.38. The number of carbonyl (C=O) groups excluding carboxylic acids is 1. The summed E-state index contributed by atoms with van der Waals surface area (Å²) in [6.07, 6.45) is 10.8. The van der Waals surface area contributed by atoms with Crippen LogP contribution in [0.5, 0.6) is 0 Å². The summed E-state index contributed by atoms with van der Waals surface area (Å²) in [5, 5.41) is 7.01. The maximum atomic E-state index is 11.5. The third kappa shape index (κ3) is 6.58. The van der Waals surface area contributed by atoms with Crippen molar-refractivity contribution in [1.29, 1.82) is 0 Å². The second-order valence-corrected chi connectivity index (χ2v) is 9.30. The Morgan fingerprint density at radius 1 is 0.900 bits per heavy atom. The Bertz CT molecular complexity index is 546. The largest absolute Gasteiger partial charge is 0.357 e. The number of carbonyl (C=O) groups is 1. The molecule has 0 bridgehead atoms. The molecule has 1 saturated carbocycles. The average Bonchev–Trinajstić information content (AvgIpc) is 2.79. The molecule has 0 atom stereocenters. The number of piperazine rings is 1. The van der Waals surface area contributed by atoms with E-state index in [0.29, 0.717) is 0 Å². The van der Waals surface area contributed by atoms with Gasteiger partial charge in [0.25, 0.3) is 0 Å². The average molecular weight is 421 g/mol. The van der Waals surface area contributed by atoms with Gasteiger partial charge in [0, 0.05) is 58.3 Å². The summed E-state index contributed by atoms with van der Waals surface area (Å²) in [7, 11) is 0. The summed E-state index contributed by atoms with van der Waals surface area (Å²) >= 11 is 0. The molecular weight excluding hydrogens is 376 g/mol. The van der Waals surface area contributed by atoms with Crippen LogP contribution in [0.25, 0.3) is 0 Å². The van der Waals surface area contributed by atoms with Gasteiger partial charge >= 0.3 is 0 Å². The molecule has 30 heavy (non-hydrogen) atoms. The molecule has 172 valence electrons. The van der Waals surface area contributed by atoms with Crippen LogP contribution in [-0.4, -0.2) is 97.6 Å². The van der Waals surface area contributed by atoms with Crippen molar-refractivity contribution in [3.8, 4) is 0 Å². The molecule has 0 aromatic carbocycles. The lowest BCUT2D eigenvalue weighted by atomic mass is 9.79. The van der Waals surface area contributed by atoms with Crippen molar-refractivity contribution in [3.63, 3.8) is 0 Å². The van der Waals surface area contributed by atoms with Crippen LogP contribution >= 0.6 is 0 Å². The zero-order valence-electron chi connectivity index (χ0n) is 19.4. The summed E-state index contributed by atoms with van der Waals surface area (Å²) in [6.45, 7) is 13.6. The van der Waals surface area contributed by atoms with Gasteiger partial charge in [-0.15, -0.1) is 0 Å². The van der Waals surface area contributed by atoms with E-state index in [2.05, 4.69) is 27.4 Å². The van der Waals surface area contributed by atoms with Gasteiger partial charge < -0.3 is 15.5 Å². The van der Waals surface area contributed by atoms with Gasteiger partial charge in [0.15, 0.2) is 5.96 Å². The van der Waals surface area contributed by atoms with Crippen molar-refractivity contribution >= 4 is 11.9 Å². The Morgan fingerprint density at radius 2 is 1.57 bits per heavy atom. The maximum absolute atomic E-state index is 11.5. The Kier molecular flexibility index (Phi) is 9.25. The first kappa shape index (κ1) is 23.3. The van der Waals surface area contributed by atoms with E-state index >= 15 is 0 Å². The Hall–Kier alpha value is -1.34.